The van der Waals surface area contributed by atoms with Gasteiger partial charge in [0.25, 0.3) is 10.0 Å². The second kappa shape index (κ2) is 13.3. The van der Waals surface area contributed by atoms with Gasteiger partial charge in [0, 0.05) is 22.5 Å². The number of hydrogen-bond acceptors (Lipinski definition) is 4. The van der Waals surface area contributed by atoms with E-state index in [4.69, 9.17) is 23.2 Å². The van der Waals surface area contributed by atoms with Crippen LogP contribution in [0.4, 0.5) is 10.1 Å². The van der Waals surface area contributed by atoms with E-state index in [-0.39, 0.29) is 33.9 Å². The van der Waals surface area contributed by atoms with E-state index in [1.165, 1.54) is 36.4 Å². The molecule has 2 N–H and O–H groups in total. The molecule has 2 atom stereocenters. The van der Waals surface area contributed by atoms with Gasteiger partial charge in [0.15, 0.2) is 0 Å². The minimum absolute atomic E-state index is 0.0534. The summed E-state index contributed by atoms with van der Waals surface area (Å²) in [6.07, 6.45) is 1.58. The summed E-state index contributed by atoms with van der Waals surface area (Å²) >= 11 is 11.9. The van der Waals surface area contributed by atoms with Crippen LogP contribution in [0.5, 0.6) is 0 Å². The summed E-state index contributed by atoms with van der Waals surface area (Å²) < 4.78 is 42.8. The van der Waals surface area contributed by atoms with Crippen molar-refractivity contribution in [2.75, 3.05) is 4.31 Å². The molecule has 36 heavy (non-hydrogen) atoms. The molecule has 0 spiro atoms. The van der Waals surface area contributed by atoms with Crippen LogP contribution in [0.2, 0.25) is 10.0 Å². The maximum Gasteiger partial charge on any atom is 0.326 e. The van der Waals surface area contributed by atoms with Crippen LogP contribution in [-0.2, 0) is 19.6 Å². The molecule has 198 valence electrons. The molecule has 0 saturated heterocycles. The number of amides is 1. The van der Waals surface area contributed by atoms with Gasteiger partial charge < -0.3 is 10.4 Å². The second-order valence-electron chi connectivity index (χ2n) is 9.03. The number of carboxylic acids is 1. The van der Waals surface area contributed by atoms with Crippen molar-refractivity contribution in [1.29, 1.82) is 0 Å². The lowest BCUT2D eigenvalue weighted by atomic mass is 10.0. The minimum Gasteiger partial charge on any atom is -0.480 e. The fourth-order valence-electron chi connectivity index (χ4n) is 3.78. The van der Waals surface area contributed by atoms with Crippen LogP contribution in [0.15, 0.2) is 47.4 Å². The van der Waals surface area contributed by atoms with E-state index in [0.29, 0.717) is 30.7 Å². The number of sulfonamides is 1. The second-order valence-corrected chi connectivity index (χ2v) is 11.7. The van der Waals surface area contributed by atoms with Gasteiger partial charge in [-0.3, -0.25) is 9.10 Å². The van der Waals surface area contributed by atoms with Crippen LogP contribution in [0.1, 0.15) is 52.9 Å². The van der Waals surface area contributed by atoms with E-state index in [1.807, 2.05) is 13.8 Å². The Bertz CT molecular complexity index is 1160. The highest BCUT2D eigenvalue weighted by molar-refractivity contribution is 7.92. The average molecular weight is 562 g/mol. The highest BCUT2D eigenvalue weighted by atomic mass is 35.5. The Morgan fingerprint density at radius 2 is 1.64 bits per heavy atom. The lowest BCUT2D eigenvalue weighted by Gasteiger charge is -2.31. The molecule has 0 fully saturated rings. The van der Waals surface area contributed by atoms with Crippen molar-refractivity contribution in [1.82, 2.24) is 5.32 Å². The van der Waals surface area contributed by atoms with Crippen LogP contribution in [0.25, 0.3) is 0 Å². The van der Waals surface area contributed by atoms with Crippen molar-refractivity contribution in [3.8, 4) is 0 Å². The molecule has 2 rings (SSSR count). The highest BCUT2D eigenvalue weighted by Crippen LogP contribution is 2.32. The molecule has 0 aromatic heterocycles. The smallest absolute Gasteiger partial charge is 0.326 e. The molecule has 11 heteroatoms. The molecule has 1 amide bonds. The molecule has 2 aromatic carbocycles. The molecule has 0 bridgehead atoms. The van der Waals surface area contributed by atoms with Crippen molar-refractivity contribution in [2.45, 2.75) is 69.9 Å². The highest BCUT2D eigenvalue weighted by Gasteiger charge is 2.31. The van der Waals surface area contributed by atoms with Crippen LogP contribution < -0.4 is 9.62 Å². The molecule has 2 aromatic rings. The summed E-state index contributed by atoms with van der Waals surface area (Å²) in [7, 11) is -4.17. The number of carboxylic acid groups (broad SMARTS) is 1. The van der Waals surface area contributed by atoms with Gasteiger partial charge in [-0.2, -0.15) is 0 Å². The van der Waals surface area contributed by atoms with E-state index in [9.17, 15) is 27.5 Å². The number of benzene rings is 2. The van der Waals surface area contributed by atoms with Crippen LogP contribution >= 0.6 is 23.2 Å². The summed E-state index contributed by atoms with van der Waals surface area (Å²) in [5.41, 5.74) is -0.180. The SMILES string of the molecule is CC(C)C[C@H](NC(=O)CCCCC(C)N(c1cc(Cl)ccc1F)S(=O)(=O)c1ccc(Cl)cc1)C(=O)O. The van der Waals surface area contributed by atoms with Gasteiger partial charge in [-0.15, -0.1) is 0 Å². The Labute approximate surface area is 221 Å². The van der Waals surface area contributed by atoms with E-state index in [1.54, 1.807) is 6.92 Å². The summed E-state index contributed by atoms with van der Waals surface area (Å²) in [6, 6.07) is 7.64. The zero-order valence-corrected chi connectivity index (χ0v) is 22.7. The zero-order chi connectivity index (χ0) is 27.0. The first-order valence-electron chi connectivity index (χ1n) is 11.6. The van der Waals surface area contributed by atoms with E-state index < -0.39 is 33.9 Å². The molecule has 0 radical (unpaired) electrons. The zero-order valence-electron chi connectivity index (χ0n) is 20.4. The van der Waals surface area contributed by atoms with E-state index >= 15 is 0 Å². The number of carbonyl (C=O) groups excluding carboxylic acids is 1. The minimum atomic E-state index is -4.17. The number of hydrogen-bond donors (Lipinski definition) is 2. The predicted molar refractivity (Wildman–Crippen MR) is 139 cm³/mol. The Hall–Kier alpha value is -2.36. The number of halogens is 3. The number of unbranched alkanes of at least 4 members (excludes halogenated alkanes) is 1. The molecule has 7 nitrogen and oxygen atoms in total. The molecule has 1 unspecified atom stereocenters. The van der Waals surface area contributed by atoms with Crippen molar-refractivity contribution in [3.63, 3.8) is 0 Å². The maximum atomic E-state index is 14.8. The lowest BCUT2D eigenvalue weighted by Crippen LogP contribution is -2.41. The molecule has 0 aliphatic rings. The molecule has 0 aliphatic carbocycles. The van der Waals surface area contributed by atoms with Crippen LogP contribution in [0, 0.1) is 11.7 Å². The first-order chi connectivity index (χ1) is 16.8. The third-order valence-corrected chi connectivity index (χ3v) is 7.96. The molecule has 0 aliphatic heterocycles. The standard InChI is InChI=1S/C25H31Cl2FN2O5S/c1-16(2)14-22(25(32)33)29-24(31)7-5-4-6-17(3)30(23-15-19(27)10-13-21(23)28)36(34,35)20-11-8-18(26)9-12-20/h8-13,15-17,22H,4-7,14H2,1-3H3,(H,29,31)(H,32,33)/t17?,22-/m0/s1. The Kier molecular flexibility index (Phi) is 11.0. The van der Waals surface area contributed by atoms with Gasteiger partial charge in [0.1, 0.15) is 11.9 Å². The summed E-state index contributed by atoms with van der Waals surface area (Å²) in [5, 5.41) is 12.4. The maximum absolute atomic E-state index is 14.8. The van der Waals surface area contributed by atoms with Gasteiger partial charge in [-0.1, -0.05) is 43.5 Å². The number of aliphatic carboxylic acids is 1. The van der Waals surface area contributed by atoms with E-state index in [0.717, 1.165) is 10.4 Å². The van der Waals surface area contributed by atoms with Crippen molar-refractivity contribution >= 4 is 50.8 Å². The molecule has 0 saturated carbocycles. The number of carbonyl (C=O) groups is 2. The fraction of sp³-hybridized carbons (Fsp3) is 0.440. The molecule has 0 heterocycles. The van der Waals surface area contributed by atoms with Gasteiger partial charge in [-0.05, 0) is 74.6 Å². The summed E-state index contributed by atoms with van der Waals surface area (Å²) in [5.74, 6) is -2.11. The number of rotatable bonds is 13. The van der Waals surface area contributed by atoms with Crippen molar-refractivity contribution < 1.29 is 27.5 Å². The first kappa shape index (κ1) is 29.9. The summed E-state index contributed by atoms with van der Waals surface area (Å²) in [6.45, 7) is 5.39. The average Bonchev–Trinajstić information content (AvgIpc) is 2.78. The van der Waals surface area contributed by atoms with Gasteiger partial charge in [0.05, 0.1) is 10.6 Å². The number of anilines is 1. The first-order valence-corrected chi connectivity index (χ1v) is 13.8. The lowest BCUT2D eigenvalue weighted by molar-refractivity contribution is -0.142. The monoisotopic (exact) mass is 560 g/mol. The Morgan fingerprint density at radius 1 is 1.03 bits per heavy atom. The topological polar surface area (TPSA) is 104 Å². The van der Waals surface area contributed by atoms with Gasteiger partial charge >= 0.3 is 5.97 Å². The normalized spacial score (nSPS) is 13.3. The summed E-state index contributed by atoms with van der Waals surface area (Å²) in [4.78, 5) is 23.5. The van der Waals surface area contributed by atoms with Gasteiger partial charge in [-0.25, -0.2) is 17.6 Å². The quantitative estimate of drug-likeness (QED) is 0.297. The Balaban J connectivity index is 2.14. The number of nitrogens with zero attached hydrogens (tertiary/aromatic N) is 1. The molecular weight excluding hydrogens is 530 g/mol. The van der Waals surface area contributed by atoms with Crippen molar-refractivity contribution in [2.24, 2.45) is 5.92 Å². The number of nitrogens with one attached hydrogen (secondary N) is 1. The predicted octanol–water partition coefficient (Wildman–Crippen LogP) is 5.89. The molecular formula is C25H31Cl2FN2O5S. The third kappa shape index (κ3) is 8.35. The van der Waals surface area contributed by atoms with Crippen molar-refractivity contribution in [3.05, 3.63) is 58.3 Å². The largest absolute Gasteiger partial charge is 0.480 e. The third-order valence-electron chi connectivity index (χ3n) is 5.53. The fourth-order valence-corrected chi connectivity index (χ4v) is 5.76. The van der Waals surface area contributed by atoms with Crippen LogP contribution in [-0.4, -0.2) is 37.5 Å². The Morgan fingerprint density at radius 3 is 2.22 bits per heavy atom. The van der Waals surface area contributed by atoms with E-state index in [2.05, 4.69) is 5.32 Å². The van der Waals surface area contributed by atoms with Crippen LogP contribution in [0.3, 0.4) is 0 Å². The van der Waals surface area contributed by atoms with Gasteiger partial charge in [0.2, 0.25) is 5.91 Å².